The summed E-state index contributed by atoms with van der Waals surface area (Å²) < 4.78 is 70.9. The minimum Gasteiger partial charge on any atom is -0.489 e. The van der Waals surface area contributed by atoms with Crippen molar-refractivity contribution in [1.29, 1.82) is 0 Å². The monoisotopic (exact) mass is 381 g/mol. The van der Waals surface area contributed by atoms with E-state index in [0.717, 1.165) is 29.4 Å². The van der Waals surface area contributed by atoms with Crippen molar-refractivity contribution in [2.24, 2.45) is 5.92 Å². The van der Waals surface area contributed by atoms with Gasteiger partial charge >= 0.3 is 6.18 Å². The predicted molar refractivity (Wildman–Crippen MR) is 87.4 cm³/mol. The highest BCUT2D eigenvalue weighted by atomic mass is 32.2. The van der Waals surface area contributed by atoms with Crippen molar-refractivity contribution in [3.63, 3.8) is 0 Å². The lowest BCUT2D eigenvalue weighted by Gasteiger charge is -2.28. The van der Waals surface area contributed by atoms with Crippen LogP contribution in [0.2, 0.25) is 0 Å². The van der Waals surface area contributed by atoms with Gasteiger partial charge in [0.15, 0.2) is 0 Å². The molecule has 2 rings (SSSR count). The minimum atomic E-state index is -4.41. The fraction of sp³-hybridized carbons (Fsp3) is 0.600. The third-order valence-corrected chi connectivity index (χ3v) is 5.68. The van der Waals surface area contributed by atoms with Crippen molar-refractivity contribution in [3.8, 4) is 5.75 Å². The Morgan fingerprint density at radius 1 is 1.36 bits per heavy atom. The minimum absolute atomic E-state index is 0.0665. The first-order valence-electron chi connectivity index (χ1n) is 7.83. The van der Waals surface area contributed by atoms with E-state index in [1.54, 1.807) is 0 Å². The van der Waals surface area contributed by atoms with Crippen LogP contribution in [-0.4, -0.2) is 52.6 Å². The second-order valence-corrected chi connectivity index (χ2v) is 7.90. The molecule has 1 heterocycles. The maximum Gasteiger partial charge on any atom is 0.416 e. The maximum atomic E-state index is 12.6. The summed E-state index contributed by atoms with van der Waals surface area (Å²) in [5, 5.41) is 3.18. The van der Waals surface area contributed by atoms with Crippen LogP contribution in [-0.2, 0) is 16.4 Å². The van der Waals surface area contributed by atoms with Crippen molar-refractivity contribution in [3.05, 3.63) is 29.8 Å². The smallest absolute Gasteiger partial charge is 0.416 e. The average Bonchev–Trinajstić information content (AvgIpc) is 3.08. The lowest BCUT2D eigenvalue weighted by Crippen LogP contribution is -2.45. The van der Waals surface area contributed by atoms with Gasteiger partial charge in [-0.3, -0.25) is 0 Å². The molecular weight excluding hydrogens is 359 g/mol. The van der Waals surface area contributed by atoms with Gasteiger partial charge in [-0.25, -0.2) is 4.72 Å². The third-order valence-electron chi connectivity index (χ3n) is 4.20. The van der Waals surface area contributed by atoms with Crippen LogP contribution in [0.1, 0.15) is 12.0 Å². The largest absolute Gasteiger partial charge is 0.489 e. The van der Waals surface area contributed by atoms with E-state index in [4.69, 9.17) is 4.74 Å². The maximum absolute atomic E-state index is 12.6. The SMILES string of the molecule is CNS(=O)(=O)N(C)CC(Oc1ccc(C(F)(F)F)cc1)C1CCNC1. The molecule has 142 valence electrons. The summed E-state index contributed by atoms with van der Waals surface area (Å²) in [5.41, 5.74) is -0.756. The normalized spacial score (nSPS) is 20.0. The number of alkyl halides is 3. The summed E-state index contributed by atoms with van der Waals surface area (Å²) >= 11 is 0. The molecule has 1 aromatic rings. The predicted octanol–water partition coefficient (Wildman–Crippen LogP) is 1.46. The lowest BCUT2D eigenvalue weighted by atomic mass is 10.0. The summed E-state index contributed by atoms with van der Waals surface area (Å²) in [6, 6.07) is 4.41. The molecule has 0 radical (unpaired) electrons. The molecule has 2 atom stereocenters. The molecule has 0 saturated carbocycles. The van der Waals surface area contributed by atoms with Crippen LogP contribution in [0, 0.1) is 5.92 Å². The van der Waals surface area contributed by atoms with E-state index in [2.05, 4.69) is 10.0 Å². The van der Waals surface area contributed by atoms with Crippen LogP contribution >= 0.6 is 0 Å². The Balaban J connectivity index is 2.13. The van der Waals surface area contributed by atoms with Crippen LogP contribution < -0.4 is 14.8 Å². The molecule has 1 aliphatic rings. The number of nitrogens with zero attached hydrogens (tertiary/aromatic N) is 1. The third kappa shape index (κ3) is 5.30. The van der Waals surface area contributed by atoms with Gasteiger partial charge in [0.05, 0.1) is 12.1 Å². The van der Waals surface area contributed by atoms with Gasteiger partial charge in [-0.05, 0) is 37.2 Å². The standard InChI is InChI=1S/C15H22F3N3O3S/c1-19-25(22,23)21(2)10-14(11-7-8-20-9-11)24-13-5-3-12(4-6-13)15(16,17)18/h3-6,11,14,19-20H,7-10H2,1-2H3. The Labute approximate surface area is 145 Å². The first-order chi connectivity index (χ1) is 11.6. The Hall–Kier alpha value is -1.36. The second kappa shape index (κ2) is 7.90. The summed E-state index contributed by atoms with van der Waals surface area (Å²) in [7, 11) is -0.865. The number of likely N-dealkylation sites (N-methyl/N-ethyl adjacent to an activating group) is 1. The van der Waals surface area contributed by atoms with Crippen LogP contribution in [0.25, 0.3) is 0 Å². The summed E-state index contributed by atoms with van der Waals surface area (Å²) in [5.74, 6) is 0.344. The van der Waals surface area contributed by atoms with Crippen LogP contribution in [0.4, 0.5) is 13.2 Å². The number of nitrogens with one attached hydrogen (secondary N) is 2. The van der Waals surface area contributed by atoms with E-state index in [-0.39, 0.29) is 18.2 Å². The van der Waals surface area contributed by atoms with Gasteiger partial charge in [0.1, 0.15) is 11.9 Å². The van der Waals surface area contributed by atoms with Gasteiger partial charge in [-0.15, -0.1) is 0 Å². The highest BCUT2D eigenvalue weighted by Crippen LogP contribution is 2.31. The zero-order valence-electron chi connectivity index (χ0n) is 14.0. The van der Waals surface area contributed by atoms with E-state index in [1.807, 2.05) is 0 Å². The number of rotatable bonds is 7. The number of hydrogen-bond donors (Lipinski definition) is 2. The van der Waals surface area contributed by atoms with Crippen molar-refractivity contribution >= 4 is 10.2 Å². The zero-order valence-corrected chi connectivity index (χ0v) is 14.8. The van der Waals surface area contributed by atoms with Crippen molar-refractivity contribution in [2.45, 2.75) is 18.7 Å². The quantitative estimate of drug-likeness (QED) is 0.750. The molecule has 0 amide bonds. The fourth-order valence-corrected chi connectivity index (χ4v) is 3.34. The fourth-order valence-electron chi connectivity index (χ4n) is 2.68. The van der Waals surface area contributed by atoms with E-state index < -0.39 is 28.1 Å². The van der Waals surface area contributed by atoms with Crippen molar-refractivity contribution in [2.75, 3.05) is 33.7 Å². The number of hydrogen-bond acceptors (Lipinski definition) is 4. The molecule has 1 aliphatic heterocycles. The van der Waals surface area contributed by atoms with Crippen molar-refractivity contribution in [1.82, 2.24) is 14.3 Å². The first kappa shape index (κ1) is 20.0. The van der Waals surface area contributed by atoms with Crippen molar-refractivity contribution < 1.29 is 26.3 Å². The van der Waals surface area contributed by atoms with Gasteiger partial charge in [-0.1, -0.05) is 0 Å². The number of halogens is 3. The molecule has 25 heavy (non-hydrogen) atoms. The van der Waals surface area contributed by atoms with Crippen LogP contribution in [0.5, 0.6) is 5.75 Å². The molecule has 6 nitrogen and oxygen atoms in total. The molecular formula is C15H22F3N3O3S. The first-order valence-corrected chi connectivity index (χ1v) is 9.27. The van der Waals surface area contributed by atoms with Gasteiger partial charge in [0, 0.05) is 26.6 Å². The van der Waals surface area contributed by atoms with E-state index in [0.29, 0.717) is 6.54 Å². The Kier molecular flexibility index (Phi) is 6.30. The van der Waals surface area contributed by atoms with E-state index in [9.17, 15) is 21.6 Å². The second-order valence-electron chi connectivity index (χ2n) is 5.92. The highest BCUT2D eigenvalue weighted by Gasteiger charge is 2.32. The molecule has 2 unspecified atom stereocenters. The summed E-state index contributed by atoms with van der Waals surface area (Å²) in [4.78, 5) is 0. The van der Waals surface area contributed by atoms with Gasteiger partial charge in [0.2, 0.25) is 0 Å². The van der Waals surface area contributed by atoms with Gasteiger partial charge in [-0.2, -0.15) is 25.9 Å². The zero-order chi connectivity index (χ0) is 18.7. The summed E-state index contributed by atoms with van der Waals surface area (Å²) in [6.45, 7) is 1.55. The molecule has 0 aromatic heterocycles. The highest BCUT2D eigenvalue weighted by molar-refractivity contribution is 7.87. The molecule has 1 aromatic carbocycles. The molecule has 0 bridgehead atoms. The molecule has 0 spiro atoms. The molecule has 2 N–H and O–H groups in total. The summed E-state index contributed by atoms with van der Waals surface area (Å²) in [6.07, 6.45) is -4.08. The lowest BCUT2D eigenvalue weighted by molar-refractivity contribution is -0.137. The van der Waals surface area contributed by atoms with E-state index in [1.165, 1.54) is 26.2 Å². The average molecular weight is 381 g/mol. The molecule has 1 saturated heterocycles. The molecule has 10 heteroatoms. The Bertz CT molecular complexity index is 659. The molecule has 1 fully saturated rings. The topological polar surface area (TPSA) is 70.7 Å². The Morgan fingerprint density at radius 2 is 2.00 bits per heavy atom. The van der Waals surface area contributed by atoms with Crippen LogP contribution in [0.3, 0.4) is 0 Å². The van der Waals surface area contributed by atoms with Crippen LogP contribution in [0.15, 0.2) is 24.3 Å². The van der Waals surface area contributed by atoms with E-state index >= 15 is 0 Å². The van der Waals surface area contributed by atoms with Gasteiger partial charge < -0.3 is 10.1 Å². The van der Waals surface area contributed by atoms with Gasteiger partial charge in [0.25, 0.3) is 10.2 Å². The number of ether oxygens (including phenoxy) is 1. The number of benzene rings is 1. The Morgan fingerprint density at radius 3 is 2.48 bits per heavy atom. The molecule has 0 aliphatic carbocycles.